The van der Waals surface area contributed by atoms with Gasteiger partial charge in [-0.25, -0.2) is 0 Å². The average Bonchev–Trinajstić information content (AvgIpc) is 2.36. The maximum Gasteiger partial charge on any atom is 0.0636 e. The third kappa shape index (κ3) is 15.4. The van der Waals surface area contributed by atoms with Crippen molar-refractivity contribution in [3.05, 3.63) is 11.3 Å². The molecule has 0 aromatic carbocycles. The van der Waals surface area contributed by atoms with Crippen molar-refractivity contribution in [3.8, 4) is 0 Å². The smallest absolute Gasteiger partial charge is 0.0636 e. The van der Waals surface area contributed by atoms with Gasteiger partial charge < -0.3 is 27.0 Å². The van der Waals surface area contributed by atoms with Gasteiger partial charge in [0.05, 0.1) is 12.2 Å². The second-order valence-electron chi connectivity index (χ2n) is 5.19. The number of hydrogen-bond donors (Lipinski definition) is 5. The number of rotatable bonds is 9. The van der Waals surface area contributed by atoms with Crippen molar-refractivity contribution < 1.29 is 10.2 Å². The van der Waals surface area contributed by atoms with E-state index in [1.807, 2.05) is 0 Å². The summed E-state index contributed by atoms with van der Waals surface area (Å²) in [6, 6.07) is 0. The first-order valence-corrected chi connectivity index (χ1v) is 7.62. The molecule has 0 aliphatic heterocycles. The molecule has 5 heteroatoms. The van der Waals surface area contributed by atoms with Crippen LogP contribution in [0.5, 0.6) is 0 Å². The summed E-state index contributed by atoms with van der Waals surface area (Å²) in [5.41, 5.74) is 13.6. The van der Waals surface area contributed by atoms with Crippen LogP contribution in [0.25, 0.3) is 0 Å². The Balaban J connectivity index is 0. The van der Waals surface area contributed by atoms with E-state index in [9.17, 15) is 0 Å². The second kappa shape index (κ2) is 14.8. The molecule has 0 bridgehead atoms. The number of aliphatic hydroxyl groups excluding tert-OH is 2. The molecule has 0 aliphatic rings. The van der Waals surface area contributed by atoms with Gasteiger partial charge in [0.15, 0.2) is 0 Å². The van der Waals surface area contributed by atoms with Gasteiger partial charge in [0.2, 0.25) is 0 Å². The van der Waals surface area contributed by atoms with Crippen LogP contribution in [-0.2, 0) is 0 Å². The minimum atomic E-state index is -0.330. The Hall–Kier alpha value is -0.620. The molecular formula is C15H35N3O2. The van der Waals surface area contributed by atoms with Crippen LogP contribution in [0.1, 0.15) is 53.4 Å². The van der Waals surface area contributed by atoms with Crippen LogP contribution >= 0.6 is 0 Å². The van der Waals surface area contributed by atoms with Crippen LogP contribution in [0.3, 0.4) is 0 Å². The zero-order valence-electron chi connectivity index (χ0n) is 13.7. The summed E-state index contributed by atoms with van der Waals surface area (Å²) in [4.78, 5) is 0. The summed E-state index contributed by atoms with van der Waals surface area (Å²) in [6.45, 7) is 9.40. The van der Waals surface area contributed by atoms with Crippen LogP contribution in [-0.4, -0.2) is 42.1 Å². The maximum absolute atomic E-state index is 8.72. The monoisotopic (exact) mass is 289 g/mol. The van der Waals surface area contributed by atoms with Crippen molar-refractivity contribution in [2.45, 2.75) is 65.6 Å². The highest BCUT2D eigenvalue weighted by molar-refractivity contribution is 5.12. The Kier molecular flexibility index (Phi) is 16.0. The Morgan fingerprint density at radius 2 is 1.45 bits per heavy atom. The quantitative estimate of drug-likeness (QED) is 0.437. The fourth-order valence-electron chi connectivity index (χ4n) is 1.64. The van der Waals surface area contributed by atoms with Gasteiger partial charge in [-0.15, -0.1) is 0 Å². The molecule has 0 saturated heterocycles. The van der Waals surface area contributed by atoms with Gasteiger partial charge in [-0.1, -0.05) is 26.7 Å². The molecule has 0 amide bonds. The molecule has 0 fully saturated rings. The van der Waals surface area contributed by atoms with Crippen molar-refractivity contribution in [2.24, 2.45) is 11.5 Å². The lowest BCUT2D eigenvalue weighted by Crippen LogP contribution is -2.30. The lowest BCUT2D eigenvalue weighted by atomic mass is 10.1. The van der Waals surface area contributed by atoms with E-state index in [1.54, 1.807) is 13.8 Å². The zero-order valence-corrected chi connectivity index (χ0v) is 13.7. The number of hydrogen-bond acceptors (Lipinski definition) is 5. The van der Waals surface area contributed by atoms with Crippen LogP contribution < -0.4 is 16.8 Å². The largest absolute Gasteiger partial charge is 0.402 e. The van der Waals surface area contributed by atoms with E-state index in [-0.39, 0.29) is 12.2 Å². The van der Waals surface area contributed by atoms with Crippen molar-refractivity contribution in [1.82, 2.24) is 5.32 Å². The van der Waals surface area contributed by atoms with E-state index in [0.717, 1.165) is 31.4 Å². The van der Waals surface area contributed by atoms with Gasteiger partial charge >= 0.3 is 0 Å². The molecule has 0 saturated carbocycles. The fourth-order valence-corrected chi connectivity index (χ4v) is 1.64. The first-order valence-electron chi connectivity index (χ1n) is 7.62. The SMILES string of the molecule is CC(O)CNCC(C)O.CCCC(N)=C(CN)CCC. The highest BCUT2D eigenvalue weighted by atomic mass is 16.3. The molecule has 0 heterocycles. The van der Waals surface area contributed by atoms with Gasteiger partial charge in [-0.05, 0) is 32.3 Å². The Bertz CT molecular complexity index is 233. The molecule has 0 spiro atoms. The summed E-state index contributed by atoms with van der Waals surface area (Å²) in [5.74, 6) is 0. The van der Waals surface area contributed by atoms with Crippen LogP contribution in [0.15, 0.2) is 11.3 Å². The van der Waals surface area contributed by atoms with E-state index in [0.29, 0.717) is 19.6 Å². The lowest BCUT2D eigenvalue weighted by molar-refractivity contribution is 0.164. The second-order valence-corrected chi connectivity index (χ2v) is 5.19. The van der Waals surface area contributed by atoms with Crippen molar-refractivity contribution in [1.29, 1.82) is 0 Å². The van der Waals surface area contributed by atoms with Gasteiger partial charge in [0, 0.05) is 25.3 Å². The predicted octanol–water partition coefficient (Wildman–Crippen LogP) is 1.10. The zero-order chi connectivity index (χ0) is 16.0. The van der Waals surface area contributed by atoms with Crippen molar-refractivity contribution >= 4 is 0 Å². The minimum Gasteiger partial charge on any atom is -0.402 e. The molecular weight excluding hydrogens is 254 g/mol. The number of aliphatic hydroxyl groups is 2. The summed E-state index contributed by atoms with van der Waals surface area (Å²) < 4.78 is 0. The van der Waals surface area contributed by atoms with E-state index >= 15 is 0 Å². The number of nitrogens with two attached hydrogens (primary N) is 2. The summed E-state index contributed by atoms with van der Waals surface area (Å²) in [6.07, 6.45) is 3.64. The van der Waals surface area contributed by atoms with E-state index in [1.165, 1.54) is 5.57 Å². The van der Waals surface area contributed by atoms with Gasteiger partial charge in [-0.2, -0.15) is 0 Å². The Morgan fingerprint density at radius 3 is 1.75 bits per heavy atom. The Morgan fingerprint density at radius 1 is 1.00 bits per heavy atom. The minimum absolute atomic E-state index is 0.330. The molecule has 20 heavy (non-hydrogen) atoms. The van der Waals surface area contributed by atoms with Crippen molar-refractivity contribution in [2.75, 3.05) is 19.6 Å². The molecule has 122 valence electrons. The summed E-state index contributed by atoms with van der Waals surface area (Å²) >= 11 is 0. The fraction of sp³-hybridized carbons (Fsp3) is 0.867. The molecule has 5 nitrogen and oxygen atoms in total. The highest BCUT2D eigenvalue weighted by Crippen LogP contribution is 2.09. The van der Waals surface area contributed by atoms with E-state index < -0.39 is 0 Å². The predicted molar refractivity (Wildman–Crippen MR) is 86.3 cm³/mol. The first kappa shape index (κ1) is 21.7. The molecule has 0 aromatic rings. The molecule has 0 aliphatic carbocycles. The molecule has 2 unspecified atom stereocenters. The topological polar surface area (TPSA) is 105 Å². The van der Waals surface area contributed by atoms with Crippen LogP contribution in [0.2, 0.25) is 0 Å². The van der Waals surface area contributed by atoms with Crippen LogP contribution in [0.4, 0.5) is 0 Å². The third-order valence-electron chi connectivity index (χ3n) is 2.65. The highest BCUT2D eigenvalue weighted by Gasteiger charge is 1.99. The third-order valence-corrected chi connectivity index (χ3v) is 2.65. The van der Waals surface area contributed by atoms with Gasteiger partial charge in [0.25, 0.3) is 0 Å². The molecule has 0 radical (unpaired) electrons. The van der Waals surface area contributed by atoms with Gasteiger partial charge in [0.1, 0.15) is 0 Å². The standard InChI is InChI=1S/C9H20N2.C6H15NO2/c1-3-5-8(7-10)9(11)6-4-2;1-5(8)3-7-4-6(2)9/h3-7,10-11H2,1-2H3;5-9H,3-4H2,1-2H3. The molecule has 0 rings (SSSR count). The lowest BCUT2D eigenvalue weighted by Gasteiger charge is -2.07. The maximum atomic E-state index is 8.72. The Labute approximate surface area is 124 Å². The summed E-state index contributed by atoms with van der Waals surface area (Å²) in [5, 5.41) is 20.3. The number of nitrogens with one attached hydrogen (secondary N) is 1. The normalized spacial score (nSPS) is 14.9. The molecule has 0 aromatic heterocycles. The molecule has 2 atom stereocenters. The van der Waals surface area contributed by atoms with Crippen molar-refractivity contribution in [3.63, 3.8) is 0 Å². The number of allylic oxidation sites excluding steroid dienone is 1. The van der Waals surface area contributed by atoms with Crippen LogP contribution in [0, 0.1) is 0 Å². The van der Waals surface area contributed by atoms with E-state index in [4.69, 9.17) is 21.7 Å². The summed E-state index contributed by atoms with van der Waals surface area (Å²) in [7, 11) is 0. The molecule has 7 N–H and O–H groups in total. The average molecular weight is 289 g/mol. The van der Waals surface area contributed by atoms with E-state index in [2.05, 4.69) is 19.2 Å². The first-order chi connectivity index (χ1) is 9.38. The van der Waals surface area contributed by atoms with Gasteiger partial charge in [-0.3, -0.25) is 0 Å².